The Balaban J connectivity index is 1.45. The Morgan fingerprint density at radius 1 is 1.00 bits per heavy atom. The van der Waals surface area contributed by atoms with Crippen LogP contribution in [0.5, 0.6) is 0 Å². The summed E-state index contributed by atoms with van der Waals surface area (Å²) >= 11 is 12.1. The molecular formula is C20H12Cl2N2O3. The predicted octanol–water partition coefficient (Wildman–Crippen LogP) is 5.76. The first-order valence-electron chi connectivity index (χ1n) is 7.97. The zero-order chi connectivity index (χ0) is 18.8. The molecule has 0 bridgehead atoms. The summed E-state index contributed by atoms with van der Waals surface area (Å²) in [5.41, 5.74) is 3.77. The monoisotopic (exact) mass is 398 g/mol. The van der Waals surface area contributed by atoms with E-state index in [1.54, 1.807) is 42.5 Å². The highest BCUT2D eigenvalue weighted by Crippen LogP contribution is 2.31. The molecule has 1 amide bonds. The number of rotatable bonds is 4. The maximum Gasteiger partial charge on any atom is 0.307 e. The quantitative estimate of drug-likeness (QED) is 0.350. The summed E-state index contributed by atoms with van der Waals surface area (Å²) in [6.07, 6.45) is 1.40. The second-order valence-corrected chi connectivity index (χ2v) is 6.52. The van der Waals surface area contributed by atoms with Gasteiger partial charge < -0.3 is 8.83 Å². The van der Waals surface area contributed by atoms with Gasteiger partial charge in [-0.05, 0) is 42.5 Å². The molecule has 4 rings (SSSR count). The largest absolute Gasteiger partial charge is 0.455 e. The number of nitrogens with zero attached hydrogens (tertiary/aromatic N) is 1. The van der Waals surface area contributed by atoms with Crippen LogP contribution in [0.2, 0.25) is 10.0 Å². The van der Waals surface area contributed by atoms with Gasteiger partial charge in [0.05, 0.1) is 11.2 Å². The van der Waals surface area contributed by atoms with Gasteiger partial charge in [0.25, 0.3) is 0 Å². The number of carbonyl (C=O) groups is 1. The van der Waals surface area contributed by atoms with E-state index in [9.17, 15) is 4.79 Å². The molecule has 2 heterocycles. The number of benzene rings is 2. The van der Waals surface area contributed by atoms with Crippen molar-refractivity contribution in [3.8, 4) is 11.3 Å². The standard InChI is InChI=1S/C20H12Cl2N2O3/c21-13-5-7-15(16(22)10-13)18-8-6-14(26-18)11-23-24-20(25)19-9-12-3-1-2-4-17(12)27-19/h1-11H,(H,24,25)/b23-11-. The molecule has 5 nitrogen and oxygen atoms in total. The van der Waals surface area contributed by atoms with E-state index in [0.29, 0.717) is 32.7 Å². The van der Waals surface area contributed by atoms with E-state index in [2.05, 4.69) is 10.5 Å². The van der Waals surface area contributed by atoms with E-state index in [4.69, 9.17) is 32.0 Å². The Hall–Kier alpha value is -3.02. The van der Waals surface area contributed by atoms with Crippen molar-refractivity contribution in [2.45, 2.75) is 0 Å². The van der Waals surface area contributed by atoms with Crippen LogP contribution >= 0.6 is 23.2 Å². The van der Waals surface area contributed by atoms with Crippen molar-refractivity contribution in [3.05, 3.63) is 82.2 Å². The molecule has 0 atom stereocenters. The first-order chi connectivity index (χ1) is 13.1. The van der Waals surface area contributed by atoms with Crippen LogP contribution in [0.3, 0.4) is 0 Å². The Morgan fingerprint density at radius 2 is 1.85 bits per heavy atom. The number of hydrogen-bond donors (Lipinski definition) is 1. The number of amides is 1. The van der Waals surface area contributed by atoms with Crippen LogP contribution in [-0.4, -0.2) is 12.1 Å². The third-order valence-corrected chi connectivity index (χ3v) is 4.38. The molecule has 0 fully saturated rings. The van der Waals surface area contributed by atoms with Crippen molar-refractivity contribution in [1.82, 2.24) is 5.43 Å². The van der Waals surface area contributed by atoms with Gasteiger partial charge >= 0.3 is 5.91 Å². The molecule has 1 N–H and O–H groups in total. The van der Waals surface area contributed by atoms with Gasteiger partial charge in [-0.1, -0.05) is 41.4 Å². The number of nitrogens with one attached hydrogen (secondary N) is 1. The molecule has 2 aromatic heterocycles. The van der Waals surface area contributed by atoms with E-state index in [0.717, 1.165) is 5.39 Å². The topological polar surface area (TPSA) is 67.7 Å². The van der Waals surface area contributed by atoms with Crippen molar-refractivity contribution in [3.63, 3.8) is 0 Å². The molecule has 4 aromatic rings. The predicted molar refractivity (Wildman–Crippen MR) is 105 cm³/mol. The summed E-state index contributed by atoms with van der Waals surface area (Å²) in [4.78, 5) is 12.1. The summed E-state index contributed by atoms with van der Waals surface area (Å²) in [5, 5.41) is 5.78. The minimum Gasteiger partial charge on any atom is -0.455 e. The molecule has 7 heteroatoms. The van der Waals surface area contributed by atoms with Crippen molar-refractivity contribution in [2.24, 2.45) is 5.10 Å². The second-order valence-electron chi connectivity index (χ2n) is 5.67. The maximum absolute atomic E-state index is 12.1. The SMILES string of the molecule is O=C(N/N=C\c1ccc(-c2ccc(Cl)cc2Cl)o1)c1cc2ccccc2o1. The van der Waals surface area contributed by atoms with Crippen LogP contribution in [0.15, 0.2) is 74.6 Å². The van der Waals surface area contributed by atoms with Crippen molar-refractivity contribution in [1.29, 1.82) is 0 Å². The van der Waals surface area contributed by atoms with Gasteiger partial charge in [-0.3, -0.25) is 4.79 Å². The Bertz CT molecular complexity index is 1130. The fourth-order valence-electron chi connectivity index (χ4n) is 2.56. The fraction of sp³-hybridized carbons (Fsp3) is 0. The van der Waals surface area contributed by atoms with E-state index in [-0.39, 0.29) is 5.76 Å². The molecule has 2 aromatic carbocycles. The number of hydrogen-bond acceptors (Lipinski definition) is 4. The maximum atomic E-state index is 12.1. The molecule has 0 aliphatic heterocycles. The van der Waals surface area contributed by atoms with Crippen LogP contribution in [0.4, 0.5) is 0 Å². The summed E-state index contributed by atoms with van der Waals surface area (Å²) < 4.78 is 11.2. The molecule has 134 valence electrons. The third kappa shape index (κ3) is 3.74. The van der Waals surface area contributed by atoms with Crippen molar-refractivity contribution < 1.29 is 13.6 Å². The number of para-hydroxylation sites is 1. The lowest BCUT2D eigenvalue weighted by Crippen LogP contribution is -2.16. The van der Waals surface area contributed by atoms with Gasteiger partial charge in [-0.15, -0.1) is 0 Å². The highest BCUT2D eigenvalue weighted by atomic mass is 35.5. The summed E-state index contributed by atoms with van der Waals surface area (Å²) in [7, 11) is 0. The van der Waals surface area contributed by atoms with Gasteiger partial charge in [0.15, 0.2) is 5.76 Å². The zero-order valence-electron chi connectivity index (χ0n) is 13.8. The Labute approximate surface area is 164 Å². The molecule has 0 saturated carbocycles. The normalized spacial score (nSPS) is 11.3. The first kappa shape index (κ1) is 17.4. The van der Waals surface area contributed by atoms with Gasteiger partial charge in [0.1, 0.15) is 17.1 Å². The Kier molecular flexibility index (Phi) is 4.71. The lowest BCUT2D eigenvalue weighted by Gasteiger charge is -2.00. The lowest BCUT2D eigenvalue weighted by atomic mass is 10.2. The molecule has 0 radical (unpaired) electrons. The van der Waals surface area contributed by atoms with Crippen LogP contribution in [-0.2, 0) is 0 Å². The average Bonchev–Trinajstić information content (AvgIpc) is 3.28. The van der Waals surface area contributed by atoms with Gasteiger partial charge in [0.2, 0.25) is 0 Å². The Morgan fingerprint density at radius 3 is 2.67 bits per heavy atom. The number of furan rings is 2. The zero-order valence-corrected chi connectivity index (χ0v) is 15.3. The molecule has 0 aliphatic rings. The van der Waals surface area contributed by atoms with Crippen LogP contribution in [0.1, 0.15) is 16.3 Å². The van der Waals surface area contributed by atoms with Gasteiger partial charge in [-0.25, -0.2) is 5.43 Å². The summed E-state index contributed by atoms with van der Waals surface area (Å²) in [6, 6.07) is 17.7. The lowest BCUT2D eigenvalue weighted by molar-refractivity contribution is 0.0929. The van der Waals surface area contributed by atoms with Crippen molar-refractivity contribution >= 4 is 46.3 Å². The van der Waals surface area contributed by atoms with E-state index >= 15 is 0 Å². The molecule has 0 aliphatic carbocycles. The number of fused-ring (bicyclic) bond motifs is 1. The van der Waals surface area contributed by atoms with E-state index in [1.165, 1.54) is 6.21 Å². The molecule has 0 unspecified atom stereocenters. The smallest absolute Gasteiger partial charge is 0.307 e. The molecule has 27 heavy (non-hydrogen) atoms. The van der Waals surface area contributed by atoms with Crippen LogP contribution in [0.25, 0.3) is 22.3 Å². The summed E-state index contributed by atoms with van der Waals surface area (Å²) in [6.45, 7) is 0. The number of halogens is 2. The number of hydrazone groups is 1. The van der Waals surface area contributed by atoms with Crippen LogP contribution < -0.4 is 5.43 Å². The van der Waals surface area contributed by atoms with E-state index < -0.39 is 5.91 Å². The molecule has 0 saturated heterocycles. The highest BCUT2D eigenvalue weighted by Gasteiger charge is 2.11. The molecular weight excluding hydrogens is 387 g/mol. The highest BCUT2D eigenvalue weighted by molar-refractivity contribution is 6.36. The van der Waals surface area contributed by atoms with Gasteiger partial charge in [-0.2, -0.15) is 5.10 Å². The van der Waals surface area contributed by atoms with Gasteiger partial charge in [0, 0.05) is 16.0 Å². The van der Waals surface area contributed by atoms with Crippen LogP contribution in [0, 0.1) is 0 Å². The first-order valence-corrected chi connectivity index (χ1v) is 8.73. The summed E-state index contributed by atoms with van der Waals surface area (Å²) in [5.74, 6) is 0.763. The number of carbonyl (C=O) groups excluding carboxylic acids is 1. The third-order valence-electron chi connectivity index (χ3n) is 3.83. The molecule has 0 spiro atoms. The van der Waals surface area contributed by atoms with Crippen molar-refractivity contribution in [2.75, 3.05) is 0 Å². The second kappa shape index (κ2) is 7.31. The fourth-order valence-corrected chi connectivity index (χ4v) is 3.06. The minimum absolute atomic E-state index is 0.182. The minimum atomic E-state index is -0.449. The van der Waals surface area contributed by atoms with E-state index in [1.807, 2.05) is 18.2 Å². The average molecular weight is 399 g/mol.